The average molecular weight is 331 g/mol. The maximum absolute atomic E-state index is 5.73. The third-order valence-electron chi connectivity index (χ3n) is 3.98. The summed E-state index contributed by atoms with van der Waals surface area (Å²) < 4.78 is 7.88. The van der Waals surface area contributed by atoms with Crippen LogP contribution >= 0.6 is 0 Å². The van der Waals surface area contributed by atoms with Gasteiger partial charge in [0.15, 0.2) is 0 Å². The molecule has 6 nitrogen and oxygen atoms in total. The number of aromatic nitrogens is 5. The van der Waals surface area contributed by atoms with Crippen LogP contribution in [0.1, 0.15) is 5.82 Å². The Morgan fingerprint density at radius 1 is 0.920 bits per heavy atom. The lowest BCUT2D eigenvalue weighted by Crippen LogP contribution is -2.10. The minimum Gasteiger partial charge on any atom is -0.475 e. The highest BCUT2D eigenvalue weighted by Crippen LogP contribution is 2.17. The predicted octanol–water partition coefficient (Wildman–Crippen LogP) is 3.28. The van der Waals surface area contributed by atoms with E-state index in [9.17, 15) is 0 Å². The number of aryl methyl sites for hydroxylation is 1. The maximum atomic E-state index is 5.73. The first kappa shape index (κ1) is 15.3. The topological polar surface area (TPSA) is 65.7 Å². The minimum atomic E-state index is 0.499. The van der Waals surface area contributed by atoms with Crippen LogP contribution in [0.25, 0.3) is 22.4 Å². The molecule has 6 heteroatoms. The molecule has 0 aliphatic rings. The summed E-state index contributed by atoms with van der Waals surface area (Å²) >= 11 is 0. The summed E-state index contributed by atoms with van der Waals surface area (Å²) in [5.74, 6) is 1.48. The molecule has 0 N–H and O–H groups in total. The van der Waals surface area contributed by atoms with E-state index in [-0.39, 0.29) is 0 Å². The predicted molar refractivity (Wildman–Crippen MR) is 95.2 cm³/mol. The molecule has 4 aromatic rings. The smallest absolute Gasteiger partial charge is 0.233 e. The number of pyridine rings is 1. The fourth-order valence-corrected chi connectivity index (χ4v) is 2.77. The molecule has 0 aliphatic heterocycles. The van der Waals surface area contributed by atoms with Crippen molar-refractivity contribution in [3.05, 3.63) is 66.6 Å². The van der Waals surface area contributed by atoms with E-state index in [1.54, 1.807) is 6.20 Å². The zero-order valence-corrected chi connectivity index (χ0v) is 13.8. The van der Waals surface area contributed by atoms with E-state index < -0.39 is 0 Å². The van der Waals surface area contributed by atoms with Gasteiger partial charge in [-0.25, -0.2) is 4.98 Å². The van der Waals surface area contributed by atoms with Gasteiger partial charge in [-0.05, 0) is 37.3 Å². The van der Waals surface area contributed by atoms with Gasteiger partial charge in [0.25, 0.3) is 0 Å². The highest BCUT2D eigenvalue weighted by Gasteiger charge is 2.07. The molecule has 0 saturated carbocycles. The van der Waals surface area contributed by atoms with Gasteiger partial charge in [-0.3, -0.25) is 4.98 Å². The Morgan fingerprint density at radius 3 is 2.60 bits per heavy atom. The molecule has 1 aromatic carbocycles. The van der Waals surface area contributed by atoms with Crippen molar-refractivity contribution in [1.82, 2.24) is 24.7 Å². The zero-order chi connectivity index (χ0) is 17.1. The summed E-state index contributed by atoms with van der Waals surface area (Å²) in [4.78, 5) is 8.82. The Hall–Kier alpha value is -3.28. The number of rotatable bonds is 5. The lowest BCUT2D eigenvalue weighted by molar-refractivity contribution is 0.285. The van der Waals surface area contributed by atoms with Crippen LogP contribution in [0.2, 0.25) is 0 Å². The van der Waals surface area contributed by atoms with Crippen LogP contribution in [0.15, 0.2) is 60.8 Å². The van der Waals surface area contributed by atoms with Crippen molar-refractivity contribution in [3.63, 3.8) is 0 Å². The van der Waals surface area contributed by atoms with Crippen LogP contribution in [-0.2, 0) is 6.54 Å². The van der Waals surface area contributed by atoms with Gasteiger partial charge in [0.2, 0.25) is 5.88 Å². The first-order chi connectivity index (χ1) is 12.3. The molecule has 0 bridgehead atoms. The van der Waals surface area contributed by atoms with Gasteiger partial charge in [-0.2, -0.15) is 0 Å². The van der Waals surface area contributed by atoms with Crippen LogP contribution in [0.5, 0.6) is 5.88 Å². The van der Waals surface area contributed by atoms with E-state index in [2.05, 4.69) is 30.8 Å². The van der Waals surface area contributed by atoms with E-state index in [4.69, 9.17) is 4.74 Å². The van der Waals surface area contributed by atoms with Crippen LogP contribution < -0.4 is 4.74 Å². The van der Waals surface area contributed by atoms with Crippen LogP contribution in [0, 0.1) is 6.92 Å². The standard InChI is InChI=1S/C19H17N5O/c1-14-21-17-7-2-3-8-18(17)24(14)12-13-25-19-10-9-16(22-23-19)15-6-4-5-11-20-15/h2-11H,12-13H2,1H3. The Bertz CT molecular complexity index is 980. The fourth-order valence-electron chi connectivity index (χ4n) is 2.77. The maximum Gasteiger partial charge on any atom is 0.233 e. The molecule has 0 aliphatic carbocycles. The molecule has 3 aromatic heterocycles. The van der Waals surface area contributed by atoms with E-state index in [1.165, 1.54) is 0 Å². The largest absolute Gasteiger partial charge is 0.475 e. The normalized spacial score (nSPS) is 10.9. The molecule has 0 amide bonds. The molecule has 25 heavy (non-hydrogen) atoms. The van der Waals surface area contributed by atoms with E-state index in [0.29, 0.717) is 19.0 Å². The first-order valence-electron chi connectivity index (χ1n) is 8.11. The summed E-state index contributed by atoms with van der Waals surface area (Å²) in [5.41, 5.74) is 3.63. The third kappa shape index (κ3) is 3.19. The third-order valence-corrected chi connectivity index (χ3v) is 3.98. The summed E-state index contributed by atoms with van der Waals surface area (Å²) in [6.45, 7) is 3.20. The number of benzene rings is 1. The summed E-state index contributed by atoms with van der Waals surface area (Å²) in [6.07, 6.45) is 1.74. The average Bonchev–Trinajstić information content (AvgIpc) is 2.99. The van der Waals surface area contributed by atoms with Crippen molar-refractivity contribution in [2.24, 2.45) is 0 Å². The quantitative estimate of drug-likeness (QED) is 0.561. The van der Waals surface area contributed by atoms with Crippen molar-refractivity contribution in [1.29, 1.82) is 0 Å². The van der Waals surface area contributed by atoms with Gasteiger partial charge in [-0.1, -0.05) is 18.2 Å². The Kier molecular flexibility index (Phi) is 4.08. The second kappa shape index (κ2) is 6.68. The SMILES string of the molecule is Cc1nc2ccccc2n1CCOc1ccc(-c2ccccn2)nn1. The second-order valence-electron chi connectivity index (χ2n) is 5.62. The van der Waals surface area contributed by atoms with Gasteiger partial charge >= 0.3 is 0 Å². The molecule has 3 heterocycles. The molecule has 0 fully saturated rings. The van der Waals surface area contributed by atoms with E-state index >= 15 is 0 Å². The molecule has 0 atom stereocenters. The number of ether oxygens (including phenoxy) is 1. The number of hydrogen-bond acceptors (Lipinski definition) is 5. The van der Waals surface area contributed by atoms with Gasteiger partial charge in [0.1, 0.15) is 18.1 Å². The molecule has 4 rings (SSSR count). The monoisotopic (exact) mass is 331 g/mol. The Morgan fingerprint density at radius 2 is 1.80 bits per heavy atom. The zero-order valence-electron chi connectivity index (χ0n) is 13.8. The molecule has 0 saturated heterocycles. The molecule has 124 valence electrons. The van der Waals surface area contributed by atoms with E-state index in [0.717, 1.165) is 28.2 Å². The van der Waals surface area contributed by atoms with Crippen molar-refractivity contribution < 1.29 is 4.74 Å². The lowest BCUT2D eigenvalue weighted by atomic mass is 10.2. The fraction of sp³-hybridized carbons (Fsp3) is 0.158. The lowest BCUT2D eigenvalue weighted by Gasteiger charge is -2.08. The highest BCUT2D eigenvalue weighted by atomic mass is 16.5. The number of imidazole rings is 1. The number of fused-ring (bicyclic) bond motifs is 1. The molecule has 0 unspecified atom stereocenters. The second-order valence-corrected chi connectivity index (χ2v) is 5.62. The first-order valence-corrected chi connectivity index (χ1v) is 8.11. The Labute approximate surface area is 145 Å². The molecular weight excluding hydrogens is 314 g/mol. The van der Waals surface area contributed by atoms with Crippen LogP contribution in [0.3, 0.4) is 0 Å². The van der Waals surface area contributed by atoms with Gasteiger partial charge in [-0.15, -0.1) is 10.2 Å². The highest BCUT2D eigenvalue weighted by molar-refractivity contribution is 5.75. The molecular formula is C19H17N5O. The van der Waals surface area contributed by atoms with Crippen molar-refractivity contribution in [2.75, 3.05) is 6.61 Å². The van der Waals surface area contributed by atoms with Crippen LogP contribution in [0.4, 0.5) is 0 Å². The van der Waals surface area contributed by atoms with Crippen molar-refractivity contribution in [2.45, 2.75) is 13.5 Å². The van der Waals surface area contributed by atoms with Gasteiger partial charge in [0, 0.05) is 12.3 Å². The number of hydrogen-bond donors (Lipinski definition) is 0. The van der Waals surface area contributed by atoms with Crippen molar-refractivity contribution in [3.8, 4) is 17.3 Å². The summed E-state index contributed by atoms with van der Waals surface area (Å²) in [7, 11) is 0. The number of nitrogens with zero attached hydrogens (tertiary/aromatic N) is 5. The van der Waals surface area contributed by atoms with E-state index in [1.807, 2.05) is 55.5 Å². The summed E-state index contributed by atoms with van der Waals surface area (Å²) in [6, 6.07) is 17.5. The van der Waals surface area contributed by atoms with Gasteiger partial charge in [0.05, 0.1) is 23.3 Å². The van der Waals surface area contributed by atoms with Crippen LogP contribution in [-0.4, -0.2) is 31.3 Å². The Balaban J connectivity index is 1.42. The molecule has 0 radical (unpaired) electrons. The molecule has 0 spiro atoms. The summed E-state index contributed by atoms with van der Waals surface area (Å²) in [5, 5.41) is 8.30. The minimum absolute atomic E-state index is 0.499. The van der Waals surface area contributed by atoms with Gasteiger partial charge < -0.3 is 9.30 Å². The van der Waals surface area contributed by atoms with Crippen molar-refractivity contribution >= 4 is 11.0 Å². The number of para-hydroxylation sites is 2.